The summed E-state index contributed by atoms with van der Waals surface area (Å²) in [5.41, 5.74) is 0.964. The van der Waals surface area contributed by atoms with Crippen molar-refractivity contribution in [2.75, 3.05) is 0 Å². The second-order valence-electron chi connectivity index (χ2n) is 3.18. The Balaban J connectivity index is 2.61. The highest BCUT2D eigenvalue weighted by Gasteiger charge is 2.08. The molecular formula is C11H11ClN2O. The van der Waals surface area contributed by atoms with Crippen molar-refractivity contribution in [2.24, 2.45) is 0 Å². The van der Waals surface area contributed by atoms with E-state index in [4.69, 9.17) is 16.9 Å². The van der Waals surface area contributed by atoms with E-state index >= 15 is 0 Å². The topological polar surface area (TPSA) is 52.9 Å². The van der Waals surface area contributed by atoms with Gasteiger partial charge in [-0.1, -0.05) is 23.7 Å². The fourth-order valence-electron chi connectivity index (χ4n) is 1.20. The summed E-state index contributed by atoms with van der Waals surface area (Å²) in [5, 5.41) is 11.7. The number of carbonyl (C=O) groups excluding carboxylic acids is 1. The van der Waals surface area contributed by atoms with Crippen LogP contribution in [0.25, 0.3) is 0 Å². The molecule has 1 amide bonds. The molecule has 0 aliphatic rings. The van der Waals surface area contributed by atoms with Gasteiger partial charge in [-0.3, -0.25) is 4.79 Å². The predicted molar refractivity (Wildman–Crippen MR) is 58.2 cm³/mol. The largest absolute Gasteiger partial charge is 0.349 e. The first-order valence-corrected chi connectivity index (χ1v) is 4.93. The molecule has 1 aromatic rings. The summed E-state index contributed by atoms with van der Waals surface area (Å²) in [6.07, 6.45) is -0.113. The van der Waals surface area contributed by atoms with Crippen LogP contribution in [0.15, 0.2) is 24.3 Å². The number of rotatable bonds is 3. The van der Waals surface area contributed by atoms with Gasteiger partial charge in [0.2, 0.25) is 5.91 Å². The zero-order valence-corrected chi connectivity index (χ0v) is 9.08. The van der Waals surface area contributed by atoms with E-state index in [0.29, 0.717) is 5.02 Å². The van der Waals surface area contributed by atoms with Crippen LogP contribution in [-0.2, 0) is 4.79 Å². The molecule has 15 heavy (non-hydrogen) atoms. The molecular weight excluding hydrogens is 212 g/mol. The number of amides is 1. The summed E-state index contributed by atoms with van der Waals surface area (Å²) in [6.45, 7) is 1.86. The Morgan fingerprint density at radius 2 is 2.13 bits per heavy atom. The Morgan fingerprint density at radius 1 is 1.53 bits per heavy atom. The Labute approximate surface area is 93.7 Å². The first-order chi connectivity index (χ1) is 7.13. The van der Waals surface area contributed by atoms with Gasteiger partial charge >= 0.3 is 0 Å². The van der Waals surface area contributed by atoms with E-state index in [0.717, 1.165) is 5.56 Å². The normalized spacial score (nSPS) is 11.5. The first kappa shape index (κ1) is 11.5. The molecule has 0 spiro atoms. The molecule has 0 aliphatic heterocycles. The van der Waals surface area contributed by atoms with Gasteiger partial charge in [0, 0.05) is 5.02 Å². The average Bonchev–Trinajstić information content (AvgIpc) is 2.18. The van der Waals surface area contributed by atoms with Crippen molar-refractivity contribution in [3.63, 3.8) is 0 Å². The molecule has 1 atom stereocenters. The third-order valence-corrected chi connectivity index (χ3v) is 2.24. The van der Waals surface area contributed by atoms with Crippen molar-refractivity contribution in [2.45, 2.75) is 19.4 Å². The minimum absolute atomic E-state index is 0.108. The maximum atomic E-state index is 11.1. The van der Waals surface area contributed by atoms with Gasteiger partial charge in [0.15, 0.2) is 0 Å². The van der Waals surface area contributed by atoms with Gasteiger partial charge in [-0.2, -0.15) is 5.26 Å². The molecule has 0 aliphatic carbocycles. The molecule has 1 rings (SSSR count). The summed E-state index contributed by atoms with van der Waals surface area (Å²) in [5.74, 6) is -0.264. The van der Waals surface area contributed by atoms with Gasteiger partial charge in [-0.15, -0.1) is 0 Å². The SMILES string of the molecule is C[C@H](NC(=O)CC#N)c1ccc(Cl)cc1. The van der Waals surface area contributed by atoms with E-state index in [9.17, 15) is 4.79 Å². The van der Waals surface area contributed by atoms with Gasteiger partial charge < -0.3 is 5.32 Å². The van der Waals surface area contributed by atoms with Gasteiger partial charge in [-0.25, -0.2) is 0 Å². The smallest absolute Gasteiger partial charge is 0.234 e. The maximum Gasteiger partial charge on any atom is 0.234 e. The summed E-state index contributed by atoms with van der Waals surface area (Å²) < 4.78 is 0. The molecule has 4 heteroatoms. The van der Waals surface area contributed by atoms with Gasteiger partial charge in [-0.05, 0) is 24.6 Å². The predicted octanol–water partition coefficient (Wildman–Crippen LogP) is 2.43. The standard InChI is InChI=1S/C11H11ClN2O/c1-8(14-11(15)6-7-13)9-2-4-10(12)5-3-9/h2-5,8H,6H2,1H3,(H,14,15)/t8-/m0/s1. The number of nitrogens with zero attached hydrogens (tertiary/aromatic N) is 1. The quantitative estimate of drug-likeness (QED) is 0.854. The van der Waals surface area contributed by atoms with E-state index in [-0.39, 0.29) is 18.4 Å². The highest BCUT2D eigenvalue weighted by Crippen LogP contribution is 2.15. The Bertz CT molecular complexity index is 381. The summed E-state index contributed by atoms with van der Waals surface area (Å²) in [7, 11) is 0. The van der Waals surface area contributed by atoms with E-state index < -0.39 is 0 Å². The number of nitrogens with one attached hydrogen (secondary N) is 1. The van der Waals surface area contributed by atoms with Crippen LogP contribution >= 0.6 is 11.6 Å². The second-order valence-corrected chi connectivity index (χ2v) is 3.61. The third kappa shape index (κ3) is 3.61. The molecule has 0 saturated carbocycles. The number of hydrogen-bond acceptors (Lipinski definition) is 2. The van der Waals surface area contributed by atoms with E-state index in [1.807, 2.05) is 19.1 Å². The molecule has 0 bridgehead atoms. The van der Waals surface area contributed by atoms with Crippen LogP contribution < -0.4 is 5.32 Å². The highest BCUT2D eigenvalue weighted by molar-refractivity contribution is 6.30. The van der Waals surface area contributed by atoms with Crippen molar-refractivity contribution in [3.05, 3.63) is 34.9 Å². The van der Waals surface area contributed by atoms with Crippen molar-refractivity contribution in [1.82, 2.24) is 5.32 Å². The molecule has 1 N–H and O–H groups in total. The van der Waals surface area contributed by atoms with E-state index in [1.165, 1.54) is 0 Å². The van der Waals surface area contributed by atoms with Crippen molar-refractivity contribution >= 4 is 17.5 Å². The number of halogens is 1. The zero-order chi connectivity index (χ0) is 11.3. The summed E-state index contributed by atoms with van der Waals surface area (Å²) in [4.78, 5) is 11.1. The highest BCUT2D eigenvalue weighted by atomic mass is 35.5. The molecule has 0 saturated heterocycles. The monoisotopic (exact) mass is 222 g/mol. The minimum Gasteiger partial charge on any atom is -0.349 e. The molecule has 0 fully saturated rings. The van der Waals surface area contributed by atoms with Crippen molar-refractivity contribution in [3.8, 4) is 6.07 Å². The lowest BCUT2D eigenvalue weighted by molar-refractivity contribution is -0.120. The third-order valence-electron chi connectivity index (χ3n) is 1.99. The first-order valence-electron chi connectivity index (χ1n) is 4.55. The Kier molecular flexibility index (Phi) is 4.14. The maximum absolute atomic E-state index is 11.1. The average molecular weight is 223 g/mol. The molecule has 3 nitrogen and oxygen atoms in total. The second kappa shape index (κ2) is 5.38. The van der Waals surface area contributed by atoms with Crippen molar-refractivity contribution in [1.29, 1.82) is 5.26 Å². The molecule has 0 radical (unpaired) electrons. The van der Waals surface area contributed by atoms with Crippen LogP contribution in [0.1, 0.15) is 24.9 Å². The Hall–Kier alpha value is -1.53. The Morgan fingerprint density at radius 3 is 2.67 bits per heavy atom. The van der Waals surface area contributed by atoms with Gasteiger partial charge in [0.05, 0.1) is 12.1 Å². The lowest BCUT2D eigenvalue weighted by Gasteiger charge is -2.13. The molecule has 0 unspecified atom stereocenters. The van der Waals surface area contributed by atoms with Crippen LogP contribution in [0.5, 0.6) is 0 Å². The number of nitriles is 1. The van der Waals surface area contributed by atoms with Gasteiger partial charge in [0.25, 0.3) is 0 Å². The number of benzene rings is 1. The van der Waals surface area contributed by atoms with Crippen molar-refractivity contribution < 1.29 is 4.79 Å². The van der Waals surface area contributed by atoms with Crippen LogP contribution in [0.4, 0.5) is 0 Å². The summed E-state index contributed by atoms with van der Waals surface area (Å²) >= 11 is 5.74. The van der Waals surface area contributed by atoms with Crippen LogP contribution in [0.3, 0.4) is 0 Å². The number of carbonyl (C=O) groups is 1. The summed E-state index contributed by atoms with van der Waals surface area (Å²) in [6, 6.07) is 8.92. The van der Waals surface area contributed by atoms with Crippen LogP contribution in [-0.4, -0.2) is 5.91 Å². The minimum atomic E-state index is -0.264. The molecule has 1 aromatic carbocycles. The zero-order valence-electron chi connectivity index (χ0n) is 8.33. The fourth-order valence-corrected chi connectivity index (χ4v) is 1.33. The lowest BCUT2D eigenvalue weighted by atomic mass is 10.1. The van der Waals surface area contributed by atoms with Gasteiger partial charge in [0.1, 0.15) is 6.42 Å². The van der Waals surface area contributed by atoms with E-state index in [2.05, 4.69) is 5.32 Å². The van der Waals surface area contributed by atoms with Crippen LogP contribution in [0.2, 0.25) is 5.02 Å². The molecule has 78 valence electrons. The molecule has 0 aromatic heterocycles. The van der Waals surface area contributed by atoms with Crippen LogP contribution in [0, 0.1) is 11.3 Å². The number of hydrogen-bond donors (Lipinski definition) is 1. The fraction of sp³-hybridized carbons (Fsp3) is 0.273. The lowest BCUT2D eigenvalue weighted by Crippen LogP contribution is -2.25. The van der Waals surface area contributed by atoms with E-state index in [1.54, 1.807) is 18.2 Å². The molecule has 0 heterocycles.